The lowest BCUT2D eigenvalue weighted by Crippen LogP contribution is -2.35. The quantitative estimate of drug-likeness (QED) is 0.696. The van der Waals surface area contributed by atoms with Crippen LogP contribution in [0.5, 0.6) is 5.75 Å². The Balaban J connectivity index is 3.26. The number of ether oxygens (including phenoxy) is 2. The molecule has 5 nitrogen and oxygen atoms in total. The van der Waals surface area contributed by atoms with Crippen molar-refractivity contribution in [3.05, 3.63) is 46.1 Å². The van der Waals surface area contributed by atoms with Crippen LogP contribution in [-0.4, -0.2) is 28.7 Å². The zero-order chi connectivity index (χ0) is 19.2. The Morgan fingerprint density at radius 3 is 2.52 bits per heavy atom. The van der Waals surface area contributed by atoms with Crippen molar-refractivity contribution >= 4 is 17.9 Å². The molecule has 0 spiro atoms. The molecule has 0 atom stereocenters. The highest BCUT2D eigenvalue weighted by Crippen LogP contribution is 2.29. The number of methoxy groups -OCH3 is 1. The maximum atomic E-state index is 12.7. The van der Waals surface area contributed by atoms with Gasteiger partial charge in [0.1, 0.15) is 11.4 Å². The number of aromatic nitrogens is 1. The number of amides is 1. The molecule has 0 aliphatic heterocycles. The minimum absolute atomic E-state index is 0.290. The summed E-state index contributed by atoms with van der Waals surface area (Å²) >= 11 is 1.37. The van der Waals surface area contributed by atoms with Crippen molar-refractivity contribution in [2.45, 2.75) is 53.7 Å². The molecule has 0 radical (unpaired) electrons. The molecule has 1 aromatic heterocycles. The van der Waals surface area contributed by atoms with Crippen LogP contribution in [0.2, 0.25) is 0 Å². The molecule has 6 heteroatoms. The van der Waals surface area contributed by atoms with Crippen LogP contribution in [0.3, 0.4) is 0 Å². The first kappa shape index (κ1) is 21.1. The zero-order valence-electron chi connectivity index (χ0n) is 16.2. The van der Waals surface area contributed by atoms with E-state index >= 15 is 0 Å². The number of thioether (sulfide) groups is 1. The van der Waals surface area contributed by atoms with Crippen LogP contribution < -0.4 is 4.74 Å². The maximum Gasteiger partial charge on any atom is 0.415 e. The molecule has 0 N–H and O–H groups in total. The second-order valence-corrected chi connectivity index (χ2v) is 7.51. The number of hydrogen-bond donors (Lipinski definition) is 0. The molecule has 1 heterocycles. The van der Waals surface area contributed by atoms with Gasteiger partial charge in [0.15, 0.2) is 0 Å². The van der Waals surface area contributed by atoms with Crippen molar-refractivity contribution in [3.63, 3.8) is 0 Å². The third kappa shape index (κ3) is 5.81. The van der Waals surface area contributed by atoms with E-state index in [9.17, 15) is 4.79 Å². The van der Waals surface area contributed by atoms with Gasteiger partial charge in [0.25, 0.3) is 0 Å². The van der Waals surface area contributed by atoms with Crippen LogP contribution in [0.4, 0.5) is 4.79 Å². The standard InChI is InChI=1S/C19H28N2O3S/c1-9-16(25-10-2)21(18(22)24-19(5,6)7)12-15-14(4)17(23-8)13(3)11-20-15/h9-11H,2,12H2,1,3-8H3/b16-9-. The number of allylic oxidation sites excluding steroid dienone is 1. The Morgan fingerprint density at radius 1 is 1.40 bits per heavy atom. The topological polar surface area (TPSA) is 51.7 Å². The third-order valence-corrected chi connectivity index (χ3v) is 4.25. The van der Waals surface area contributed by atoms with Crippen LogP contribution in [0, 0.1) is 13.8 Å². The zero-order valence-corrected chi connectivity index (χ0v) is 17.0. The van der Waals surface area contributed by atoms with Crippen molar-refractivity contribution in [3.8, 4) is 5.75 Å². The molecule has 0 fully saturated rings. The van der Waals surface area contributed by atoms with Gasteiger partial charge >= 0.3 is 6.09 Å². The lowest BCUT2D eigenvalue weighted by molar-refractivity contribution is 0.0314. The highest BCUT2D eigenvalue weighted by molar-refractivity contribution is 8.05. The summed E-state index contributed by atoms with van der Waals surface area (Å²) in [7, 11) is 1.63. The Kier molecular flexibility index (Phi) is 7.55. The maximum absolute atomic E-state index is 12.7. The molecule has 1 rings (SSSR count). The van der Waals surface area contributed by atoms with E-state index in [1.165, 1.54) is 11.8 Å². The summed E-state index contributed by atoms with van der Waals surface area (Å²) in [4.78, 5) is 18.8. The van der Waals surface area contributed by atoms with Gasteiger partial charge in [0.05, 0.1) is 24.4 Å². The summed E-state index contributed by atoms with van der Waals surface area (Å²) in [5.74, 6) is 0.785. The first-order valence-corrected chi connectivity index (χ1v) is 8.96. The third-order valence-electron chi connectivity index (χ3n) is 3.39. The van der Waals surface area contributed by atoms with Gasteiger partial charge in [-0.1, -0.05) is 24.4 Å². The monoisotopic (exact) mass is 364 g/mol. The highest BCUT2D eigenvalue weighted by atomic mass is 32.2. The molecular formula is C19H28N2O3S. The van der Waals surface area contributed by atoms with E-state index in [-0.39, 0.29) is 6.54 Å². The molecule has 0 aliphatic rings. The second kappa shape index (κ2) is 8.94. The van der Waals surface area contributed by atoms with Crippen LogP contribution in [0.25, 0.3) is 0 Å². The van der Waals surface area contributed by atoms with Gasteiger partial charge in [-0.3, -0.25) is 9.88 Å². The molecular weight excluding hydrogens is 336 g/mol. The molecule has 0 saturated heterocycles. The summed E-state index contributed by atoms with van der Waals surface area (Å²) in [5.41, 5.74) is 2.05. The summed E-state index contributed by atoms with van der Waals surface area (Å²) in [6, 6.07) is 0. The van der Waals surface area contributed by atoms with E-state index in [1.54, 1.807) is 23.6 Å². The van der Waals surface area contributed by atoms with Crippen molar-refractivity contribution in [2.24, 2.45) is 0 Å². The van der Waals surface area contributed by atoms with Crippen molar-refractivity contribution in [1.82, 2.24) is 9.88 Å². The summed E-state index contributed by atoms with van der Waals surface area (Å²) in [6.45, 7) is 15.3. The van der Waals surface area contributed by atoms with E-state index in [2.05, 4.69) is 11.6 Å². The number of carbonyl (C=O) groups excluding carboxylic acids is 1. The number of nitrogens with zero attached hydrogens (tertiary/aromatic N) is 2. The van der Waals surface area contributed by atoms with Crippen LogP contribution in [-0.2, 0) is 11.3 Å². The van der Waals surface area contributed by atoms with E-state index in [0.29, 0.717) is 0 Å². The summed E-state index contributed by atoms with van der Waals surface area (Å²) in [5, 5.41) is 2.42. The van der Waals surface area contributed by atoms with E-state index < -0.39 is 11.7 Å². The normalized spacial score (nSPS) is 11.9. The van der Waals surface area contributed by atoms with Crippen molar-refractivity contribution in [2.75, 3.05) is 7.11 Å². The largest absolute Gasteiger partial charge is 0.496 e. The Morgan fingerprint density at radius 2 is 2.04 bits per heavy atom. The molecule has 25 heavy (non-hydrogen) atoms. The van der Waals surface area contributed by atoms with Crippen molar-refractivity contribution < 1.29 is 14.3 Å². The molecule has 138 valence electrons. The van der Waals surface area contributed by atoms with E-state index in [0.717, 1.165) is 27.6 Å². The Bertz CT molecular complexity index is 663. The average molecular weight is 365 g/mol. The van der Waals surface area contributed by atoms with Gasteiger partial charge in [-0.2, -0.15) is 0 Å². The van der Waals surface area contributed by atoms with Gasteiger partial charge in [-0.15, -0.1) is 0 Å². The average Bonchev–Trinajstić information content (AvgIpc) is 2.51. The molecule has 1 aromatic rings. The Labute approximate surface area is 155 Å². The van der Waals surface area contributed by atoms with Gasteiger partial charge in [-0.05, 0) is 47.0 Å². The minimum Gasteiger partial charge on any atom is -0.496 e. The van der Waals surface area contributed by atoms with Gasteiger partial charge in [-0.25, -0.2) is 4.79 Å². The number of aryl methyl sites for hydroxylation is 1. The second-order valence-electron chi connectivity index (χ2n) is 6.52. The SMILES string of the molecule is C=CS/C(=C\C)N(Cc1ncc(C)c(OC)c1C)C(=O)OC(C)(C)C. The Hall–Kier alpha value is -1.95. The fraction of sp³-hybridized carbons (Fsp3) is 0.474. The molecule has 0 saturated carbocycles. The molecule has 0 aromatic carbocycles. The lowest BCUT2D eigenvalue weighted by Gasteiger charge is -2.28. The molecule has 0 bridgehead atoms. The van der Waals surface area contributed by atoms with Crippen molar-refractivity contribution in [1.29, 1.82) is 0 Å². The first-order chi connectivity index (χ1) is 11.6. The van der Waals surface area contributed by atoms with Crippen LogP contribution >= 0.6 is 11.8 Å². The number of rotatable bonds is 6. The van der Waals surface area contributed by atoms with Crippen LogP contribution in [0.15, 0.2) is 29.3 Å². The minimum atomic E-state index is -0.583. The number of hydrogen-bond acceptors (Lipinski definition) is 5. The number of pyridine rings is 1. The van der Waals surface area contributed by atoms with Gasteiger partial charge in [0, 0.05) is 17.3 Å². The summed E-state index contributed by atoms with van der Waals surface area (Å²) in [6.07, 6.45) is 3.19. The highest BCUT2D eigenvalue weighted by Gasteiger charge is 2.26. The van der Waals surface area contributed by atoms with E-state index in [1.807, 2.05) is 47.6 Å². The first-order valence-electron chi connectivity index (χ1n) is 8.08. The predicted molar refractivity (Wildman–Crippen MR) is 104 cm³/mol. The van der Waals surface area contributed by atoms with E-state index in [4.69, 9.17) is 9.47 Å². The summed E-state index contributed by atoms with van der Waals surface area (Å²) < 4.78 is 11.0. The molecule has 0 aliphatic carbocycles. The fourth-order valence-electron chi connectivity index (χ4n) is 2.30. The number of carbonyl (C=O) groups is 1. The van der Waals surface area contributed by atoms with Gasteiger partial charge < -0.3 is 9.47 Å². The van der Waals surface area contributed by atoms with Crippen LogP contribution in [0.1, 0.15) is 44.5 Å². The molecule has 1 amide bonds. The lowest BCUT2D eigenvalue weighted by atomic mass is 10.1. The smallest absolute Gasteiger partial charge is 0.415 e. The fourth-order valence-corrected chi connectivity index (χ4v) is 2.88. The predicted octanol–water partition coefficient (Wildman–Crippen LogP) is 5.18. The molecule has 0 unspecified atom stereocenters. The van der Waals surface area contributed by atoms with Gasteiger partial charge in [0.2, 0.25) is 0 Å².